The average Bonchev–Trinajstić information content (AvgIpc) is 3.01. The maximum absolute atomic E-state index is 4.41. The minimum Gasteiger partial charge on any atom is -0.380 e. The van der Waals surface area contributed by atoms with E-state index in [0.29, 0.717) is 0 Å². The Morgan fingerprint density at radius 1 is 1.10 bits per heavy atom. The van der Waals surface area contributed by atoms with Crippen LogP contribution in [0.3, 0.4) is 0 Å². The van der Waals surface area contributed by atoms with E-state index in [1.54, 1.807) is 12.5 Å². The third kappa shape index (κ3) is 2.85. The third-order valence-electron chi connectivity index (χ3n) is 3.13. The molecule has 4 heteroatoms. The molecular weight excluding hydrogens is 248 g/mol. The summed E-state index contributed by atoms with van der Waals surface area (Å²) in [6, 6.07) is 12.5. The van der Waals surface area contributed by atoms with E-state index in [-0.39, 0.29) is 0 Å². The number of hydrogen-bond donors (Lipinski definition) is 1. The number of hydrogen-bond acceptors (Lipinski definition) is 3. The zero-order valence-corrected chi connectivity index (χ0v) is 11.3. The zero-order chi connectivity index (χ0) is 13.8. The van der Waals surface area contributed by atoms with Gasteiger partial charge in [0.15, 0.2) is 0 Å². The number of aryl methyl sites for hydroxylation is 1. The first-order valence-corrected chi connectivity index (χ1v) is 6.55. The Morgan fingerprint density at radius 2 is 1.95 bits per heavy atom. The molecule has 20 heavy (non-hydrogen) atoms. The van der Waals surface area contributed by atoms with Gasteiger partial charge in [-0.2, -0.15) is 0 Å². The number of anilines is 1. The maximum Gasteiger partial charge on any atom is 0.137 e. The van der Waals surface area contributed by atoms with Crippen molar-refractivity contribution in [3.8, 4) is 5.82 Å². The molecule has 0 amide bonds. The Balaban J connectivity index is 1.65. The summed E-state index contributed by atoms with van der Waals surface area (Å²) in [4.78, 5) is 8.42. The van der Waals surface area contributed by atoms with Crippen LogP contribution in [0.25, 0.3) is 5.82 Å². The topological polar surface area (TPSA) is 42.7 Å². The van der Waals surface area contributed by atoms with Crippen molar-refractivity contribution in [2.75, 3.05) is 5.32 Å². The van der Waals surface area contributed by atoms with Gasteiger partial charge in [-0.15, -0.1) is 0 Å². The van der Waals surface area contributed by atoms with Gasteiger partial charge in [0.25, 0.3) is 0 Å². The van der Waals surface area contributed by atoms with E-state index >= 15 is 0 Å². The molecule has 2 heterocycles. The fraction of sp³-hybridized carbons (Fsp3) is 0.125. The van der Waals surface area contributed by atoms with Gasteiger partial charge < -0.3 is 5.32 Å². The molecule has 0 bridgehead atoms. The molecule has 100 valence electrons. The monoisotopic (exact) mass is 264 g/mol. The molecule has 0 aliphatic carbocycles. The Morgan fingerprint density at radius 3 is 2.60 bits per heavy atom. The summed E-state index contributed by atoms with van der Waals surface area (Å²) in [7, 11) is 0. The van der Waals surface area contributed by atoms with E-state index in [0.717, 1.165) is 18.1 Å². The second kappa shape index (κ2) is 5.57. The molecule has 0 aliphatic rings. The molecule has 1 N–H and O–H groups in total. The molecule has 0 radical (unpaired) electrons. The highest BCUT2D eigenvalue weighted by molar-refractivity contribution is 5.44. The number of pyridine rings is 1. The van der Waals surface area contributed by atoms with Crippen molar-refractivity contribution in [1.29, 1.82) is 0 Å². The van der Waals surface area contributed by atoms with Crippen molar-refractivity contribution in [1.82, 2.24) is 14.5 Å². The Hall–Kier alpha value is -2.62. The highest BCUT2D eigenvalue weighted by Crippen LogP contribution is 2.11. The molecule has 0 saturated heterocycles. The largest absolute Gasteiger partial charge is 0.380 e. The van der Waals surface area contributed by atoms with Crippen LogP contribution in [0.5, 0.6) is 0 Å². The van der Waals surface area contributed by atoms with Gasteiger partial charge >= 0.3 is 0 Å². The van der Waals surface area contributed by atoms with Crippen LogP contribution in [0.1, 0.15) is 11.1 Å². The van der Waals surface area contributed by atoms with Gasteiger partial charge in [0.1, 0.15) is 12.1 Å². The molecule has 3 rings (SSSR count). The highest BCUT2D eigenvalue weighted by Gasteiger charge is 1.98. The van der Waals surface area contributed by atoms with Gasteiger partial charge in [0.05, 0.1) is 11.9 Å². The molecule has 2 aromatic heterocycles. The highest BCUT2D eigenvalue weighted by atomic mass is 15.1. The molecule has 1 aromatic carbocycles. The molecule has 0 aliphatic heterocycles. The first-order chi connectivity index (χ1) is 9.81. The van der Waals surface area contributed by atoms with Gasteiger partial charge in [0, 0.05) is 18.9 Å². The van der Waals surface area contributed by atoms with Crippen LogP contribution in [0, 0.1) is 6.92 Å². The zero-order valence-electron chi connectivity index (χ0n) is 11.3. The predicted molar refractivity (Wildman–Crippen MR) is 79.9 cm³/mol. The average molecular weight is 264 g/mol. The summed E-state index contributed by atoms with van der Waals surface area (Å²) in [5.74, 6) is 0.864. The van der Waals surface area contributed by atoms with Crippen LogP contribution in [0.2, 0.25) is 0 Å². The van der Waals surface area contributed by atoms with Crippen molar-refractivity contribution in [2.24, 2.45) is 0 Å². The summed E-state index contributed by atoms with van der Waals surface area (Å²) in [5.41, 5.74) is 3.55. The van der Waals surface area contributed by atoms with Crippen molar-refractivity contribution >= 4 is 5.69 Å². The Kier molecular flexibility index (Phi) is 3.46. The summed E-state index contributed by atoms with van der Waals surface area (Å²) in [5, 5.41) is 3.37. The van der Waals surface area contributed by atoms with E-state index in [2.05, 4.69) is 46.5 Å². The van der Waals surface area contributed by atoms with Gasteiger partial charge in [-0.05, 0) is 24.6 Å². The van der Waals surface area contributed by atoms with Gasteiger partial charge in [-0.1, -0.05) is 29.8 Å². The molecule has 3 aromatic rings. The summed E-state index contributed by atoms with van der Waals surface area (Å²) in [6.45, 7) is 2.89. The quantitative estimate of drug-likeness (QED) is 0.787. The predicted octanol–water partition coefficient (Wildman–Crippen LogP) is 3.19. The van der Waals surface area contributed by atoms with Crippen molar-refractivity contribution in [2.45, 2.75) is 13.5 Å². The number of imidazole rings is 1. The first kappa shape index (κ1) is 12.4. The first-order valence-electron chi connectivity index (χ1n) is 6.55. The van der Waals surface area contributed by atoms with Crippen LogP contribution >= 0.6 is 0 Å². The van der Waals surface area contributed by atoms with E-state index in [1.165, 1.54) is 11.1 Å². The lowest BCUT2D eigenvalue weighted by Crippen LogP contribution is -2.01. The van der Waals surface area contributed by atoms with Gasteiger partial charge in [0.2, 0.25) is 0 Å². The minimum atomic E-state index is 0.798. The molecule has 0 atom stereocenters. The number of nitrogens with zero attached hydrogens (tertiary/aromatic N) is 3. The molecule has 0 saturated carbocycles. The molecule has 4 nitrogen and oxygen atoms in total. The van der Waals surface area contributed by atoms with Crippen molar-refractivity contribution in [3.05, 3.63) is 72.4 Å². The van der Waals surface area contributed by atoms with Crippen molar-refractivity contribution in [3.63, 3.8) is 0 Å². The summed E-state index contributed by atoms with van der Waals surface area (Å²) < 4.78 is 1.88. The SMILES string of the molecule is Cc1ccc(CNc2ccc(-n3ccnc3)nc2)cc1. The molecule has 0 fully saturated rings. The fourth-order valence-electron chi connectivity index (χ4n) is 1.95. The van der Waals surface area contributed by atoms with Gasteiger partial charge in [-0.25, -0.2) is 9.97 Å². The maximum atomic E-state index is 4.41. The van der Waals surface area contributed by atoms with Crippen LogP contribution in [0.15, 0.2) is 61.3 Å². The molecule has 0 spiro atoms. The Bertz CT molecular complexity index is 655. The van der Waals surface area contributed by atoms with Crippen LogP contribution < -0.4 is 5.32 Å². The van der Waals surface area contributed by atoms with Crippen LogP contribution in [0.4, 0.5) is 5.69 Å². The standard InChI is InChI=1S/C16H16N4/c1-13-2-4-14(5-3-13)10-18-15-6-7-16(19-11-15)20-9-8-17-12-20/h2-9,11-12,18H,10H2,1H3. The van der Waals surface area contributed by atoms with Gasteiger partial charge in [-0.3, -0.25) is 4.57 Å². The second-order valence-electron chi connectivity index (χ2n) is 4.71. The summed E-state index contributed by atoms with van der Waals surface area (Å²) >= 11 is 0. The third-order valence-corrected chi connectivity index (χ3v) is 3.13. The number of rotatable bonds is 4. The molecular formula is C16H16N4. The number of nitrogens with one attached hydrogen (secondary N) is 1. The van der Waals surface area contributed by atoms with Crippen LogP contribution in [-0.4, -0.2) is 14.5 Å². The van der Waals surface area contributed by atoms with E-state index in [1.807, 2.05) is 29.1 Å². The second-order valence-corrected chi connectivity index (χ2v) is 4.71. The van der Waals surface area contributed by atoms with E-state index in [4.69, 9.17) is 0 Å². The number of benzene rings is 1. The lowest BCUT2D eigenvalue weighted by atomic mass is 10.1. The number of aromatic nitrogens is 3. The van der Waals surface area contributed by atoms with Crippen LogP contribution in [-0.2, 0) is 6.54 Å². The smallest absolute Gasteiger partial charge is 0.137 e. The lowest BCUT2D eigenvalue weighted by Gasteiger charge is -2.07. The molecule has 0 unspecified atom stereocenters. The van der Waals surface area contributed by atoms with E-state index < -0.39 is 0 Å². The Labute approximate surface area is 118 Å². The fourth-order valence-corrected chi connectivity index (χ4v) is 1.95. The van der Waals surface area contributed by atoms with E-state index in [9.17, 15) is 0 Å². The normalized spacial score (nSPS) is 10.4. The van der Waals surface area contributed by atoms with Crippen molar-refractivity contribution < 1.29 is 0 Å². The summed E-state index contributed by atoms with van der Waals surface area (Å²) in [6.07, 6.45) is 7.19. The lowest BCUT2D eigenvalue weighted by molar-refractivity contribution is 0.990. The minimum absolute atomic E-state index is 0.798.